The van der Waals surface area contributed by atoms with E-state index in [-0.39, 0.29) is 11.5 Å². The van der Waals surface area contributed by atoms with Gasteiger partial charge in [0.15, 0.2) is 10.7 Å². The van der Waals surface area contributed by atoms with Crippen molar-refractivity contribution in [2.75, 3.05) is 0 Å². The molecule has 15 heavy (non-hydrogen) atoms. The Morgan fingerprint density at radius 1 is 1.33 bits per heavy atom. The Labute approximate surface area is 94.7 Å². The van der Waals surface area contributed by atoms with Gasteiger partial charge in [0.2, 0.25) is 0 Å². The van der Waals surface area contributed by atoms with E-state index in [1.54, 1.807) is 0 Å². The zero-order valence-electron chi connectivity index (χ0n) is 9.43. The molecular weight excluding hydrogens is 212 g/mol. The minimum Gasteiger partial charge on any atom is -0.367 e. The molecule has 2 aliphatic rings. The van der Waals surface area contributed by atoms with Gasteiger partial charge in [0.1, 0.15) is 0 Å². The summed E-state index contributed by atoms with van der Waals surface area (Å²) in [6.45, 7) is 7.81. The summed E-state index contributed by atoms with van der Waals surface area (Å²) in [5, 5.41) is 6.11. The van der Waals surface area contributed by atoms with Crippen LogP contribution in [-0.4, -0.2) is 27.8 Å². The molecule has 84 valence electrons. The second-order valence-corrected chi connectivity index (χ2v) is 5.77. The number of thiocarbonyl (C=S) groups is 1. The first-order valence-corrected chi connectivity index (χ1v) is 5.43. The molecular formula is C10H16N2O2S. The number of carbonyl (C=O) groups excluding carboxylic acids is 1. The first kappa shape index (κ1) is 10.8. The number of carbonyl (C=O) groups is 1. The van der Waals surface area contributed by atoms with Crippen molar-refractivity contribution in [3.8, 4) is 0 Å². The Hall–Kier alpha value is -0.680. The largest absolute Gasteiger partial charge is 0.367 e. The van der Waals surface area contributed by atoms with E-state index >= 15 is 0 Å². The van der Waals surface area contributed by atoms with Crippen LogP contribution in [0.3, 0.4) is 0 Å². The summed E-state index contributed by atoms with van der Waals surface area (Å²) in [7, 11) is 0. The zero-order chi connectivity index (χ0) is 11.5. The molecule has 0 saturated carbocycles. The smallest absolute Gasteiger partial charge is 0.254 e. The molecule has 2 heterocycles. The lowest BCUT2D eigenvalue weighted by Gasteiger charge is -2.33. The molecule has 0 aliphatic carbocycles. The van der Waals surface area contributed by atoms with Gasteiger partial charge in [-0.2, -0.15) is 0 Å². The molecule has 1 spiro atoms. The molecule has 0 radical (unpaired) electrons. The SMILES string of the molecule is CC1(C)CC2(NC(=S)NC2=O)C(C)(C)O1. The van der Waals surface area contributed by atoms with Crippen LogP contribution in [0.4, 0.5) is 0 Å². The maximum Gasteiger partial charge on any atom is 0.254 e. The molecule has 2 N–H and O–H groups in total. The van der Waals surface area contributed by atoms with Gasteiger partial charge in [-0.05, 0) is 39.9 Å². The van der Waals surface area contributed by atoms with Crippen molar-refractivity contribution in [2.24, 2.45) is 0 Å². The Morgan fingerprint density at radius 3 is 2.27 bits per heavy atom. The topological polar surface area (TPSA) is 50.4 Å². The Balaban J connectivity index is 2.44. The highest BCUT2D eigenvalue weighted by molar-refractivity contribution is 7.80. The van der Waals surface area contributed by atoms with Crippen LogP contribution in [0.1, 0.15) is 34.1 Å². The lowest BCUT2D eigenvalue weighted by atomic mass is 9.79. The number of rotatable bonds is 0. The molecule has 0 aromatic carbocycles. The second kappa shape index (κ2) is 2.71. The summed E-state index contributed by atoms with van der Waals surface area (Å²) in [5.74, 6) is -0.0805. The molecule has 0 aromatic heterocycles. The molecule has 2 saturated heterocycles. The molecule has 0 bridgehead atoms. The van der Waals surface area contributed by atoms with Crippen molar-refractivity contribution in [1.82, 2.24) is 10.6 Å². The van der Waals surface area contributed by atoms with Crippen molar-refractivity contribution >= 4 is 23.2 Å². The van der Waals surface area contributed by atoms with Gasteiger partial charge < -0.3 is 15.4 Å². The van der Waals surface area contributed by atoms with Gasteiger partial charge in [-0.1, -0.05) is 0 Å². The highest BCUT2D eigenvalue weighted by Crippen LogP contribution is 2.46. The third kappa shape index (κ3) is 1.37. The number of ether oxygens (including phenoxy) is 1. The van der Waals surface area contributed by atoms with Crippen molar-refractivity contribution in [1.29, 1.82) is 0 Å². The molecule has 1 atom stereocenters. The lowest BCUT2D eigenvalue weighted by Crippen LogP contribution is -2.58. The van der Waals surface area contributed by atoms with Crippen LogP contribution in [0.15, 0.2) is 0 Å². The van der Waals surface area contributed by atoms with Gasteiger partial charge in [-0.3, -0.25) is 4.79 Å². The highest BCUT2D eigenvalue weighted by Gasteiger charge is 2.64. The summed E-state index contributed by atoms with van der Waals surface area (Å²) in [6.07, 6.45) is 0.624. The highest BCUT2D eigenvalue weighted by atomic mass is 32.1. The average molecular weight is 228 g/mol. The molecule has 4 nitrogen and oxygen atoms in total. The van der Waals surface area contributed by atoms with Crippen molar-refractivity contribution in [3.05, 3.63) is 0 Å². The van der Waals surface area contributed by atoms with E-state index in [9.17, 15) is 4.79 Å². The van der Waals surface area contributed by atoms with E-state index in [1.165, 1.54) is 0 Å². The molecule has 2 fully saturated rings. The van der Waals surface area contributed by atoms with Crippen molar-refractivity contribution in [2.45, 2.75) is 50.9 Å². The van der Waals surface area contributed by atoms with Crippen LogP contribution >= 0.6 is 12.2 Å². The van der Waals surface area contributed by atoms with Gasteiger partial charge in [0.25, 0.3) is 5.91 Å². The molecule has 5 heteroatoms. The first-order chi connectivity index (χ1) is 6.69. The van der Waals surface area contributed by atoms with E-state index in [0.29, 0.717) is 11.5 Å². The number of hydrogen-bond donors (Lipinski definition) is 2. The molecule has 1 amide bonds. The molecule has 0 aromatic rings. The fourth-order valence-corrected chi connectivity index (χ4v) is 2.97. The van der Waals surface area contributed by atoms with Crippen LogP contribution in [0.2, 0.25) is 0 Å². The maximum absolute atomic E-state index is 12.0. The monoisotopic (exact) mass is 228 g/mol. The van der Waals surface area contributed by atoms with E-state index in [2.05, 4.69) is 10.6 Å². The molecule has 1 unspecified atom stereocenters. The predicted octanol–water partition coefficient (Wildman–Crippen LogP) is 0.707. The summed E-state index contributed by atoms with van der Waals surface area (Å²) >= 11 is 4.98. The number of amides is 1. The minimum absolute atomic E-state index is 0.0805. The van der Waals surface area contributed by atoms with E-state index in [1.807, 2.05) is 27.7 Å². The summed E-state index contributed by atoms with van der Waals surface area (Å²) < 4.78 is 5.91. The number of hydrogen-bond acceptors (Lipinski definition) is 3. The van der Waals surface area contributed by atoms with Gasteiger partial charge in [-0.15, -0.1) is 0 Å². The average Bonchev–Trinajstić information content (AvgIpc) is 2.31. The van der Waals surface area contributed by atoms with Gasteiger partial charge in [-0.25, -0.2) is 0 Å². The number of nitrogens with one attached hydrogen (secondary N) is 2. The molecule has 2 aliphatic heterocycles. The lowest BCUT2D eigenvalue weighted by molar-refractivity contribution is -0.131. The maximum atomic E-state index is 12.0. The first-order valence-electron chi connectivity index (χ1n) is 5.02. The summed E-state index contributed by atoms with van der Waals surface area (Å²) in [6, 6.07) is 0. The predicted molar refractivity (Wildman–Crippen MR) is 60.5 cm³/mol. The van der Waals surface area contributed by atoms with Crippen LogP contribution in [0, 0.1) is 0 Å². The van der Waals surface area contributed by atoms with Gasteiger partial charge in [0.05, 0.1) is 11.2 Å². The van der Waals surface area contributed by atoms with Crippen LogP contribution in [-0.2, 0) is 9.53 Å². The van der Waals surface area contributed by atoms with Gasteiger partial charge >= 0.3 is 0 Å². The zero-order valence-corrected chi connectivity index (χ0v) is 10.2. The van der Waals surface area contributed by atoms with Gasteiger partial charge in [0, 0.05) is 6.42 Å². The van der Waals surface area contributed by atoms with Crippen LogP contribution in [0.25, 0.3) is 0 Å². The third-order valence-corrected chi connectivity index (χ3v) is 3.40. The van der Waals surface area contributed by atoms with E-state index in [4.69, 9.17) is 17.0 Å². The summed E-state index contributed by atoms with van der Waals surface area (Å²) in [5.41, 5.74) is -1.58. The normalized spacial score (nSPS) is 36.8. The van der Waals surface area contributed by atoms with Crippen molar-refractivity contribution < 1.29 is 9.53 Å². The molecule has 2 rings (SSSR count). The van der Waals surface area contributed by atoms with E-state index in [0.717, 1.165) is 0 Å². The van der Waals surface area contributed by atoms with E-state index < -0.39 is 11.1 Å². The fourth-order valence-electron chi connectivity index (χ4n) is 2.71. The standard InChI is InChI=1S/C10H16N2O2S/c1-8(2)5-10(9(3,4)14-8)6(13)11-7(15)12-10/h5H2,1-4H3,(H2,11,12,13,15). The van der Waals surface area contributed by atoms with Crippen LogP contribution < -0.4 is 10.6 Å². The second-order valence-electron chi connectivity index (χ2n) is 5.36. The minimum atomic E-state index is -0.715. The Kier molecular flexibility index (Phi) is 1.95. The third-order valence-electron chi connectivity index (χ3n) is 3.19. The quantitative estimate of drug-likeness (QED) is 0.599. The Bertz CT molecular complexity index is 351. The fraction of sp³-hybridized carbons (Fsp3) is 0.800. The van der Waals surface area contributed by atoms with Crippen molar-refractivity contribution in [3.63, 3.8) is 0 Å². The van der Waals surface area contributed by atoms with Crippen LogP contribution in [0.5, 0.6) is 0 Å². The summed E-state index contributed by atoms with van der Waals surface area (Å²) in [4.78, 5) is 12.0. The Morgan fingerprint density at radius 2 is 1.93 bits per heavy atom.